The van der Waals surface area contributed by atoms with Gasteiger partial charge in [-0.15, -0.1) is 0 Å². The average molecular weight is 306 g/mol. The van der Waals surface area contributed by atoms with Crippen LogP contribution in [0.3, 0.4) is 0 Å². The predicted octanol–water partition coefficient (Wildman–Crippen LogP) is 3.44. The van der Waals surface area contributed by atoms with E-state index < -0.39 is 0 Å². The number of rotatable bonds is 5. The molecular weight excluding hydrogens is 288 g/mol. The Labute approximate surface area is 134 Å². The molecule has 0 aliphatic heterocycles. The summed E-state index contributed by atoms with van der Waals surface area (Å²) in [4.78, 5) is 19.4. The van der Waals surface area contributed by atoms with Gasteiger partial charge in [-0.2, -0.15) is 0 Å². The maximum absolute atomic E-state index is 11.8. The standard InChI is InChI=1S/C18H18N4O/c23-18(21-15-9-5-2-6-10-15)19-12-11-17-20-13-16(22-17)14-7-3-1-4-8-14/h1-10,13H,11-12H2,(H,20,22)(H2,19,21,23). The van der Waals surface area contributed by atoms with Crippen molar-refractivity contribution >= 4 is 11.7 Å². The van der Waals surface area contributed by atoms with Gasteiger partial charge in [-0.3, -0.25) is 0 Å². The molecule has 1 heterocycles. The summed E-state index contributed by atoms with van der Waals surface area (Å²) in [5, 5.41) is 5.60. The summed E-state index contributed by atoms with van der Waals surface area (Å²) in [6, 6.07) is 19.2. The molecule has 3 N–H and O–H groups in total. The molecule has 0 saturated carbocycles. The zero-order valence-corrected chi connectivity index (χ0v) is 12.6. The summed E-state index contributed by atoms with van der Waals surface area (Å²) in [5.74, 6) is 0.851. The Kier molecular flexibility index (Phi) is 4.69. The van der Waals surface area contributed by atoms with Gasteiger partial charge in [0, 0.05) is 18.7 Å². The molecule has 1 aromatic heterocycles. The average Bonchev–Trinajstić information content (AvgIpc) is 3.05. The number of benzene rings is 2. The van der Waals surface area contributed by atoms with Crippen molar-refractivity contribution in [2.45, 2.75) is 6.42 Å². The van der Waals surface area contributed by atoms with E-state index in [1.165, 1.54) is 0 Å². The smallest absolute Gasteiger partial charge is 0.319 e. The topological polar surface area (TPSA) is 69.8 Å². The van der Waals surface area contributed by atoms with E-state index in [1.54, 1.807) is 0 Å². The molecule has 2 amide bonds. The number of carbonyl (C=O) groups excluding carboxylic acids is 1. The number of aromatic nitrogens is 2. The molecule has 0 bridgehead atoms. The molecule has 3 aromatic rings. The molecule has 116 valence electrons. The third kappa shape index (κ3) is 4.20. The van der Waals surface area contributed by atoms with Crippen LogP contribution < -0.4 is 10.6 Å². The van der Waals surface area contributed by atoms with Crippen LogP contribution in [0.4, 0.5) is 10.5 Å². The Morgan fingerprint density at radius 2 is 1.70 bits per heavy atom. The molecular formula is C18H18N4O. The molecule has 23 heavy (non-hydrogen) atoms. The van der Waals surface area contributed by atoms with Crippen LogP contribution in [0.25, 0.3) is 11.3 Å². The predicted molar refractivity (Wildman–Crippen MR) is 91.2 cm³/mol. The first kappa shape index (κ1) is 14.8. The molecule has 0 fully saturated rings. The Bertz CT molecular complexity index is 753. The van der Waals surface area contributed by atoms with Gasteiger partial charge < -0.3 is 15.6 Å². The Hall–Kier alpha value is -3.08. The van der Waals surface area contributed by atoms with Crippen LogP contribution in [-0.2, 0) is 6.42 Å². The lowest BCUT2D eigenvalue weighted by atomic mass is 10.2. The van der Waals surface area contributed by atoms with E-state index in [0.29, 0.717) is 13.0 Å². The molecule has 0 aliphatic rings. The van der Waals surface area contributed by atoms with Crippen LogP contribution in [0, 0.1) is 0 Å². The lowest BCUT2D eigenvalue weighted by Gasteiger charge is -2.06. The zero-order valence-electron chi connectivity index (χ0n) is 12.6. The Morgan fingerprint density at radius 3 is 2.43 bits per heavy atom. The highest BCUT2D eigenvalue weighted by atomic mass is 16.2. The number of nitrogens with one attached hydrogen (secondary N) is 3. The SMILES string of the molecule is O=C(NCCc1ncc(-c2ccccc2)[nH]1)Nc1ccccc1. The van der Waals surface area contributed by atoms with Gasteiger partial charge in [-0.1, -0.05) is 48.5 Å². The number of anilines is 1. The van der Waals surface area contributed by atoms with Crippen molar-refractivity contribution in [3.05, 3.63) is 72.7 Å². The number of hydrogen-bond acceptors (Lipinski definition) is 2. The first-order chi connectivity index (χ1) is 11.3. The molecule has 0 saturated heterocycles. The van der Waals surface area contributed by atoms with Gasteiger partial charge in [-0.05, 0) is 17.7 Å². The second kappa shape index (κ2) is 7.26. The van der Waals surface area contributed by atoms with E-state index in [4.69, 9.17) is 0 Å². The molecule has 5 nitrogen and oxygen atoms in total. The largest absolute Gasteiger partial charge is 0.342 e. The number of nitrogens with zero attached hydrogens (tertiary/aromatic N) is 1. The zero-order chi connectivity index (χ0) is 15.9. The number of H-pyrrole nitrogens is 1. The van der Waals surface area contributed by atoms with Gasteiger partial charge in [0.05, 0.1) is 11.9 Å². The highest BCUT2D eigenvalue weighted by Crippen LogP contribution is 2.16. The third-order valence-corrected chi connectivity index (χ3v) is 3.39. The summed E-state index contributed by atoms with van der Waals surface area (Å²) in [5.41, 5.74) is 2.85. The molecule has 5 heteroatoms. The quantitative estimate of drug-likeness (QED) is 0.676. The normalized spacial score (nSPS) is 10.3. The first-order valence-electron chi connectivity index (χ1n) is 7.50. The number of para-hydroxylation sites is 1. The second-order valence-corrected chi connectivity index (χ2v) is 5.11. The maximum atomic E-state index is 11.8. The Balaban J connectivity index is 1.48. The van der Waals surface area contributed by atoms with Crippen LogP contribution in [0.2, 0.25) is 0 Å². The van der Waals surface area contributed by atoms with Crippen molar-refractivity contribution in [1.29, 1.82) is 0 Å². The van der Waals surface area contributed by atoms with Crippen LogP contribution in [0.5, 0.6) is 0 Å². The van der Waals surface area contributed by atoms with Crippen LogP contribution in [0.15, 0.2) is 66.9 Å². The number of urea groups is 1. The van der Waals surface area contributed by atoms with E-state index in [1.807, 2.05) is 66.9 Å². The number of aromatic amines is 1. The summed E-state index contributed by atoms with van der Waals surface area (Å²) >= 11 is 0. The molecule has 2 aromatic carbocycles. The maximum Gasteiger partial charge on any atom is 0.319 e. The van der Waals surface area contributed by atoms with E-state index in [-0.39, 0.29) is 6.03 Å². The summed E-state index contributed by atoms with van der Waals surface area (Å²) in [6.07, 6.45) is 2.46. The Morgan fingerprint density at radius 1 is 1.00 bits per heavy atom. The fraction of sp³-hybridized carbons (Fsp3) is 0.111. The highest BCUT2D eigenvalue weighted by Gasteiger charge is 2.04. The minimum Gasteiger partial charge on any atom is -0.342 e. The van der Waals surface area contributed by atoms with Crippen molar-refractivity contribution in [1.82, 2.24) is 15.3 Å². The highest BCUT2D eigenvalue weighted by molar-refractivity contribution is 5.89. The minimum atomic E-state index is -0.217. The number of carbonyl (C=O) groups is 1. The summed E-state index contributed by atoms with van der Waals surface area (Å²) in [6.45, 7) is 0.514. The second-order valence-electron chi connectivity index (χ2n) is 5.11. The van der Waals surface area contributed by atoms with Crippen LogP contribution in [0.1, 0.15) is 5.82 Å². The number of hydrogen-bond donors (Lipinski definition) is 3. The molecule has 0 spiro atoms. The van der Waals surface area contributed by atoms with Gasteiger partial charge in [-0.25, -0.2) is 9.78 Å². The van der Waals surface area contributed by atoms with E-state index >= 15 is 0 Å². The number of amides is 2. The van der Waals surface area contributed by atoms with Gasteiger partial charge in [0.15, 0.2) is 0 Å². The number of imidazole rings is 1. The first-order valence-corrected chi connectivity index (χ1v) is 7.50. The van der Waals surface area contributed by atoms with Crippen molar-refractivity contribution in [3.8, 4) is 11.3 Å². The fourth-order valence-corrected chi connectivity index (χ4v) is 2.25. The lowest BCUT2D eigenvalue weighted by Crippen LogP contribution is -2.30. The van der Waals surface area contributed by atoms with Crippen LogP contribution >= 0.6 is 0 Å². The third-order valence-electron chi connectivity index (χ3n) is 3.39. The van der Waals surface area contributed by atoms with Gasteiger partial charge in [0.2, 0.25) is 0 Å². The van der Waals surface area contributed by atoms with E-state index in [2.05, 4.69) is 20.6 Å². The van der Waals surface area contributed by atoms with E-state index in [0.717, 1.165) is 22.8 Å². The molecule has 3 rings (SSSR count). The molecule has 0 unspecified atom stereocenters. The van der Waals surface area contributed by atoms with Gasteiger partial charge in [0.1, 0.15) is 5.82 Å². The molecule has 0 aliphatic carbocycles. The van der Waals surface area contributed by atoms with Crippen molar-refractivity contribution in [2.24, 2.45) is 0 Å². The fourth-order valence-electron chi connectivity index (χ4n) is 2.25. The molecule has 0 atom stereocenters. The monoisotopic (exact) mass is 306 g/mol. The lowest BCUT2D eigenvalue weighted by molar-refractivity contribution is 0.252. The van der Waals surface area contributed by atoms with Gasteiger partial charge >= 0.3 is 6.03 Å². The van der Waals surface area contributed by atoms with E-state index in [9.17, 15) is 4.79 Å². The van der Waals surface area contributed by atoms with Gasteiger partial charge in [0.25, 0.3) is 0 Å². The summed E-state index contributed by atoms with van der Waals surface area (Å²) in [7, 11) is 0. The van der Waals surface area contributed by atoms with Crippen molar-refractivity contribution < 1.29 is 4.79 Å². The van der Waals surface area contributed by atoms with Crippen molar-refractivity contribution in [2.75, 3.05) is 11.9 Å². The minimum absolute atomic E-state index is 0.217. The van der Waals surface area contributed by atoms with Crippen molar-refractivity contribution in [3.63, 3.8) is 0 Å². The van der Waals surface area contributed by atoms with Crippen LogP contribution in [-0.4, -0.2) is 22.5 Å². The molecule has 0 radical (unpaired) electrons. The summed E-state index contributed by atoms with van der Waals surface area (Å²) < 4.78 is 0.